The number of carbonyl (C=O) groups is 1. The zero-order valence-corrected chi connectivity index (χ0v) is 20.8. The molecule has 0 aromatic heterocycles. The Hall–Kier alpha value is -0.670. The Labute approximate surface area is 190 Å². The van der Waals surface area contributed by atoms with Crippen LogP contribution in [0.4, 0.5) is 0 Å². The fourth-order valence-corrected chi connectivity index (χ4v) is 8.78. The number of hydrogen-bond donors (Lipinski definition) is 0. The predicted octanol–water partition coefficient (Wildman–Crippen LogP) is 6.95. The zero-order chi connectivity index (χ0) is 22.2. The van der Waals surface area contributed by atoms with Gasteiger partial charge in [0.15, 0.2) is 0 Å². The summed E-state index contributed by atoms with van der Waals surface area (Å²) in [5.74, 6) is 4.58. The second-order valence-electron chi connectivity index (χ2n) is 12.0. The van der Waals surface area contributed by atoms with Crippen LogP contribution in [0.25, 0.3) is 0 Å². The first-order valence-corrected chi connectivity index (χ1v) is 13.1. The molecule has 0 aromatic rings. The standard InChI is InChI=1S/C28H46O3/c1-19(7-6-8-20(2)29)24-11-12-25-23-10-9-21-17-22(31-18-30-5)13-15-27(21,3)26(23)14-16-28(24,25)4/h9,19,22-26H,6-8,10-18H2,1-5H3/t19-,22+,23+,24-,25+,26+,27+,28-/m1/s1. The van der Waals surface area contributed by atoms with Crippen LogP contribution in [0, 0.1) is 40.4 Å². The van der Waals surface area contributed by atoms with Gasteiger partial charge in [-0.3, -0.25) is 0 Å². The molecule has 3 saturated carbocycles. The highest BCUT2D eigenvalue weighted by molar-refractivity contribution is 5.75. The van der Waals surface area contributed by atoms with E-state index in [1.807, 2.05) is 0 Å². The SMILES string of the molecule is COCO[C@H]1CC[C@@]2(C)C(=CC[C@H]3[C@@H]4CC[C@H]([C@H](C)CCCC(C)=O)[C@@]4(C)CC[C@@H]32)C1. The second-order valence-corrected chi connectivity index (χ2v) is 12.0. The molecule has 0 aliphatic heterocycles. The Morgan fingerprint density at radius 1 is 1.16 bits per heavy atom. The Bertz CT molecular complexity index is 684. The lowest BCUT2D eigenvalue weighted by molar-refractivity contribution is -0.117. The molecule has 4 aliphatic rings. The first-order valence-electron chi connectivity index (χ1n) is 13.1. The topological polar surface area (TPSA) is 35.5 Å². The number of carbonyl (C=O) groups excluding carboxylic acids is 1. The number of ketones is 1. The van der Waals surface area contributed by atoms with E-state index >= 15 is 0 Å². The van der Waals surface area contributed by atoms with Crippen molar-refractivity contribution in [3.05, 3.63) is 11.6 Å². The van der Waals surface area contributed by atoms with E-state index in [1.54, 1.807) is 19.6 Å². The lowest BCUT2D eigenvalue weighted by Crippen LogP contribution is -2.51. The fourth-order valence-electron chi connectivity index (χ4n) is 8.78. The maximum atomic E-state index is 11.4. The summed E-state index contributed by atoms with van der Waals surface area (Å²) in [6, 6.07) is 0. The Morgan fingerprint density at radius 3 is 2.71 bits per heavy atom. The molecule has 8 atom stereocenters. The van der Waals surface area contributed by atoms with Crippen LogP contribution < -0.4 is 0 Å². The molecule has 0 radical (unpaired) electrons. The molecule has 4 aliphatic carbocycles. The number of allylic oxidation sites excluding steroid dienone is 1. The van der Waals surface area contributed by atoms with Gasteiger partial charge in [0.1, 0.15) is 12.6 Å². The van der Waals surface area contributed by atoms with Crippen molar-refractivity contribution in [1.29, 1.82) is 0 Å². The van der Waals surface area contributed by atoms with E-state index in [2.05, 4.69) is 26.8 Å². The van der Waals surface area contributed by atoms with Crippen LogP contribution in [0.3, 0.4) is 0 Å². The van der Waals surface area contributed by atoms with E-state index in [4.69, 9.17) is 9.47 Å². The highest BCUT2D eigenvalue weighted by atomic mass is 16.7. The van der Waals surface area contributed by atoms with Gasteiger partial charge in [-0.05, 0) is 105 Å². The van der Waals surface area contributed by atoms with Crippen molar-refractivity contribution in [2.24, 2.45) is 40.4 Å². The van der Waals surface area contributed by atoms with Crippen LogP contribution in [0.15, 0.2) is 11.6 Å². The van der Waals surface area contributed by atoms with Gasteiger partial charge in [0.05, 0.1) is 6.10 Å². The summed E-state index contributed by atoms with van der Waals surface area (Å²) in [4.78, 5) is 11.4. The van der Waals surface area contributed by atoms with E-state index in [0.717, 1.165) is 48.9 Å². The van der Waals surface area contributed by atoms with Crippen LogP contribution in [0.2, 0.25) is 0 Å². The predicted molar refractivity (Wildman–Crippen MR) is 126 cm³/mol. The second kappa shape index (κ2) is 9.29. The number of fused-ring (bicyclic) bond motifs is 5. The third kappa shape index (κ3) is 4.31. The summed E-state index contributed by atoms with van der Waals surface area (Å²) in [6.07, 6.45) is 16.6. The highest BCUT2D eigenvalue weighted by Gasteiger charge is 2.59. The minimum atomic E-state index is 0.344. The van der Waals surface area contributed by atoms with E-state index < -0.39 is 0 Å². The lowest BCUT2D eigenvalue weighted by atomic mass is 9.47. The minimum Gasteiger partial charge on any atom is -0.359 e. The maximum absolute atomic E-state index is 11.4. The van der Waals surface area contributed by atoms with Crippen LogP contribution in [0.1, 0.15) is 98.3 Å². The van der Waals surface area contributed by atoms with E-state index in [9.17, 15) is 4.79 Å². The van der Waals surface area contributed by atoms with Crippen molar-refractivity contribution in [3.63, 3.8) is 0 Å². The van der Waals surface area contributed by atoms with Crippen molar-refractivity contribution in [2.45, 2.75) is 104 Å². The Balaban J connectivity index is 1.45. The van der Waals surface area contributed by atoms with Gasteiger partial charge >= 0.3 is 0 Å². The molecule has 0 bridgehead atoms. The number of Topliss-reactive ketones (excluding diaryl/α,β-unsaturated/α-hetero) is 1. The molecule has 3 heteroatoms. The normalized spacial score (nSPS) is 42.9. The molecule has 0 saturated heterocycles. The molecule has 0 N–H and O–H groups in total. The van der Waals surface area contributed by atoms with Crippen molar-refractivity contribution < 1.29 is 14.3 Å². The molecule has 3 fully saturated rings. The van der Waals surface area contributed by atoms with Crippen molar-refractivity contribution in [3.8, 4) is 0 Å². The number of methoxy groups -OCH3 is 1. The average molecular weight is 431 g/mol. The quantitative estimate of drug-likeness (QED) is 0.309. The van der Waals surface area contributed by atoms with Gasteiger partial charge in [0.2, 0.25) is 0 Å². The molecule has 0 spiro atoms. The van der Waals surface area contributed by atoms with Gasteiger partial charge in [-0.1, -0.05) is 38.8 Å². The van der Waals surface area contributed by atoms with Gasteiger partial charge < -0.3 is 14.3 Å². The molecule has 0 amide bonds. The van der Waals surface area contributed by atoms with E-state index in [1.165, 1.54) is 51.4 Å². The smallest absolute Gasteiger partial charge is 0.146 e. The van der Waals surface area contributed by atoms with E-state index in [-0.39, 0.29) is 0 Å². The molecule has 3 nitrogen and oxygen atoms in total. The monoisotopic (exact) mass is 430 g/mol. The van der Waals surface area contributed by atoms with Crippen molar-refractivity contribution in [2.75, 3.05) is 13.9 Å². The summed E-state index contributed by atoms with van der Waals surface area (Å²) >= 11 is 0. The summed E-state index contributed by atoms with van der Waals surface area (Å²) in [5, 5.41) is 0. The third-order valence-electron chi connectivity index (χ3n) is 10.4. The van der Waals surface area contributed by atoms with Gasteiger partial charge in [-0.15, -0.1) is 0 Å². The largest absolute Gasteiger partial charge is 0.359 e. The highest BCUT2D eigenvalue weighted by Crippen LogP contribution is 2.67. The molecule has 0 aromatic carbocycles. The van der Waals surface area contributed by atoms with Crippen molar-refractivity contribution in [1.82, 2.24) is 0 Å². The van der Waals surface area contributed by atoms with Crippen LogP contribution >= 0.6 is 0 Å². The third-order valence-corrected chi connectivity index (χ3v) is 10.4. The fraction of sp³-hybridized carbons (Fsp3) is 0.893. The average Bonchev–Trinajstić information content (AvgIpc) is 3.09. The van der Waals surface area contributed by atoms with Crippen LogP contribution in [-0.4, -0.2) is 25.8 Å². The minimum absolute atomic E-state index is 0.344. The van der Waals surface area contributed by atoms with Gasteiger partial charge in [0.25, 0.3) is 0 Å². The molecular weight excluding hydrogens is 384 g/mol. The lowest BCUT2D eigenvalue weighted by Gasteiger charge is -2.58. The van der Waals surface area contributed by atoms with Crippen molar-refractivity contribution >= 4 is 5.78 Å². The molecular formula is C28H46O3. The molecule has 0 heterocycles. The summed E-state index contributed by atoms with van der Waals surface area (Å²) < 4.78 is 11.1. The first-order chi connectivity index (χ1) is 14.8. The summed E-state index contributed by atoms with van der Waals surface area (Å²) in [5.41, 5.74) is 2.59. The molecule has 0 unspecified atom stereocenters. The maximum Gasteiger partial charge on any atom is 0.146 e. The first kappa shape index (κ1) is 23.5. The van der Waals surface area contributed by atoms with Crippen LogP contribution in [0.5, 0.6) is 0 Å². The Morgan fingerprint density at radius 2 is 1.97 bits per heavy atom. The van der Waals surface area contributed by atoms with E-state index in [0.29, 0.717) is 29.5 Å². The van der Waals surface area contributed by atoms with Gasteiger partial charge in [-0.25, -0.2) is 0 Å². The summed E-state index contributed by atoms with van der Waals surface area (Å²) in [7, 11) is 1.72. The Kier molecular flexibility index (Phi) is 7.04. The molecule has 31 heavy (non-hydrogen) atoms. The number of rotatable bonds is 8. The zero-order valence-electron chi connectivity index (χ0n) is 20.8. The molecule has 4 rings (SSSR count). The summed E-state index contributed by atoms with van der Waals surface area (Å²) in [6.45, 7) is 9.87. The molecule has 176 valence electrons. The number of ether oxygens (including phenoxy) is 2. The van der Waals surface area contributed by atoms with Crippen LogP contribution in [-0.2, 0) is 14.3 Å². The van der Waals surface area contributed by atoms with Gasteiger partial charge in [0, 0.05) is 13.5 Å². The number of hydrogen-bond acceptors (Lipinski definition) is 3. The van der Waals surface area contributed by atoms with Gasteiger partial charge in [-0.2, -0.15) is 0 Å².